The number of carbonyl (C=O) groups is 2. The molecule has 0 bridgehead atoms. The van der Waals surface area contributed by atoms with Crippen LogP contribution in [0.1, 0.15) is 54.6 Å². The van der Waals surface area contributed by atoms with Crippen molar-refractivity contribution in [2.24, 2.45) is 0 Å². The summed E-state index contributed by atoms with van der Waals surface area (Å²) in [6.45, 7) is 6.09. The summed E-state index contributed by atoms with van der Waals surface area (Å²) in [5.41, 5.74) is 2.44. The average Bonchev–Trinajstić information content (AvgIpc) is 3.24. The number of rotatable bonds is 9. The quantitative estimate of drug-likeness (QED) is 0.374. The molecule has 156 valence electrons. The highest BCUT2D eigenvalue weighted by Crippen LogP contribution is 2.23. The monoisotopic (exact) mass is 408 g/mol. The van der Waals surface area contributed by atoms with E-state index >= 15 is 0 Å². The van der Waals surface area contributed by atoms with Gasteiger partial charge in [0.1, 0.15) is 5.75 Å². The molecule has 1 atom stereocenters. The van der Waals surface area contributed by atoms with E-state index in [1.807, 2.05) is 38.1 Å². The Hall–Kier alpha value is -3.48. The van der Waals surface area contributed by atoms with Crippen LogP contribution in [0.5, 0.6) is 5.75 Å². The zero-order valence-corrected chi connectivity index (χ0v) is 17.3. The number of benzene rings is 2. The number of aryl methyl sites for hydroxylation is 1. The van der Waals surface area contributed by atoms with Crippen LogP contribution in [0.3, 0.4) is 0 Å². The van der Waals surface area contributed by atoms with E-state index < -0.39 is 12.1 Å². The van der Waals surface area contributed by atoms with Crippen LogP contribution in [0.15, 0.2) is 52.9 Å². The summed E-state index contributed by atoms with van der Waals surface area (Å²) in [6.07, 6.45) is -0.683. The second kappa shape index (κ2) is 9.82. The van der Waals surface area contributed by atoms with E-state index in [9.17, 15) is 9.59 Å². The van der Waals surface area contributed by atoms with Crippen molar-refractivity contribution in [1.29, 1.82) is 0 Å². The Labute approximate surface area is 175 Å². The predicted molar refractivity (Wildman–Crippen MR) is 110 cm³/mol. The first-order valence-electron chi connectivity index (χ1n) is 9.82. The van der Waals surface area contributed by atoms with Crippen molar-refractivity contribution in [3.8, 4) is 17.2 Å². The van der Waals surface area contributed by atoms with Crippen molar-refractivity contribution in [2.75, 3.05) is 6.61 Å². The number of hydrogen-bond acceptors (Lipinski definition) is 7. The maximum absolute atomic E-state index is 12.3. The SMILES string of the molecule is CCOc1ccc(C(=O)CCC(=O)OC(C)c2nnc(-c3ccc(C)cc3)o2)cc1. The van der Waals surface area contributed by atoms with E-state index in [1.54, 1.807) is 31.2 Å². The number of hydrogen-bond donors (Lipinski definition) is 0. The molecule has 1 unspecified atom stereocenters. The molecule has 3 aromatic rings. The third-order valence-electron chi connectivity index (χ3n) is 4.44. The molecular weight excluding hydrogens is 384 g/mol. The molecule has 0 amide bonds. The Kier molecular flexibility index (Phi) is 6.95. The smallest absolute Gasteiger partial charge is 0.307 e. The van der Waals surface area contributed by atoms with Crippen molar-refractivity contribution in [3.63, 3.8) is 0 Å². The van der Waals surface area contributed by atoms with E-state index in [-0.39, 0.29) is 24.5 Å². The van der Waals surface area contributed by atoms with E-state index in [0.717, 1.165) is 11.1 Å². The van der Waals surface area contributed by atoms with Gasteiger partial charge in [0.15, 0.2) is 11.9 Å². The summed E-state index contributed by atoms with van der Waals surface area (Å²) in [7, 11) is 0. The summed E-state index contributed by atoms with van der Waals surface area (Å²) in [5.74, 6) is 0.626. The molecule has 0 radical (unpaired) electrons. The van der Waals surface area contributed by atoms with Gasteiger partial charge in [-0.1, -0.05) is 17.7 Å². The minimum Gasteiger partial charge on any atom is -0.494 e. The van der Waals surface area contributed by atoms with E-state index in [1.165, 1.54) is 0 Å². The molecule has 2 aromatic carbocycles. The highest BCUT2D eigenvalue weighted by atomic mass is 16.6. The van der Waals surface area contributed by atoms with Crippen molar-refractivity contribution >= 4 is 11.8 Å². The van der Waals surface area contributed by atoms with Gasteiger partial charge in [-0.15, -0.1) is 10.2 Å². The number of carbonyl (C=O) groups excluding carboxylic acids is 2. The average molecular weight is 408 g/mol. The zero-order valence-electron chi connectivity index (χ0n) is 17.3. The summed E-state index contributed by atoms with van der Waals surface area (Å²) in [6, 6.07) is 14.5. The number of ether oxygens (including phenoxy) is 2. The van der Waals surface area contributed by atoms with Crippen molar-refractivity contribution in [1.82, 2.24) is 10.2 Å². The van der Waals surface area contributed by atoms with Gasteiger partial charge >= 0.3 is 5.97 Å². The number of nitrogens with zero attached hydrogens (tertiary/aromatic N) is 2. The topological polar surface area (TPSA) is 91.5 Å². The molecule has 0 aliphatic heterocycles. The van der Waals surface area contributed by atoms with Gasteiger partial charge in [-0.05, 0) is 57.2 Å². The molecule has 0 aliphatic rings. The van der Waals surface area contributed by atoms with E-state index in [0.29, 0.717) is 23.8 Å². The maximum atomic E-state index is 12.3. The molecule has 3 rings (SSSR count). The zero-order chi connectivity index (χ0) is 21.5. The Morgan fingerprint density at radius 1 is 1.00 bits per heavy atom. The van der Waals surface area contributed by atoms with Crippen LogP contribution in [0.4, 0.5) is 0 Å². The minimum absolute atomic E-state index is 0.0324. The van der Waals surface area contributed by atoms with Crippen LogP contribution in [0.25, 0.3) is 11.5 Å². The summed E-state index contributed by atoms with van der Waals surface area (Å²) in [4.78, 5) is 24.4. The molecule has 30 heavy (non-hydrogen) atoms. The van der Waals surface area contributed by atoms with Gasteiger partial charge in [-0.25, -0.2) is 0 Å². The normalized spacial score (nSPS) is 11.7. The summed E-state index contributed by atoms with van der Waals surface area (Å²) >= 11 is 0. The van der Waals surface area contributed by atoms with Gasteiger partial charge in [-0.2, -0.15) is 0 Å². The Morgan fingerprint density at radius 3 is 2.37 bits per heavy atom. The van der Waals surface area contributed by atoms with E-state index in [2.05, 4.69) is 10.2 Å². The molecule has 0 fully saturated rings. The highest BCUT2D eigenvalue weighted by Gasteiger charge is 2.20. The number of ketones is 1. The third kappa shape index (κ3) is 5.53. The molecule has 0 aliphatic carbocycles. The summed E-state index contributed by atoms with van der Waals surface area (Å²) in [5, 5.41) is 7.97. The van der Waals surface area contributed by atoms with E-state index in [4.69, 9.17) is 13.9 Å². The fourth-order valence-electron chi connectivity index (χ4n) is 2.78. The van der Waals surface area contributed by atoms with Crippen LogP contribution >= 0.6 is 0 Å². The second-order valence-corrected chi connectivity index (χ2v) is 6.82. The van der Waals surface area contributed by atoms with Gasteiger partial charge in [0.2, 0.25) is 5.89 Å². The lowest BCUT2D eigenvalue weighted by atomic mass is 10.1. The lowest BCUT2D eigenvalue weighted by molar-refractivity contribution is -0.149. The van der Waals surface area contributed by atoms with Crippen LogP contribution in [0.2, 0.25) is 0 Å². The third-order valence-corrected chi connectivity index (χ3v) is 4.44. The number of aromatic nitrogens is 2. The largest absolute Gasteiger partial charge is 0.494 e. The van der Waals surface area contributed by atoms with Gasteiger partial charge in [0, 0.05) is 17.5 Å². The van der Waals surface area contributed by atoms with Crippen LogP contribution in [-0.4, -0.2) is 28.6 Å². The Balaban J connectivity index is 1.51. The maximum Gasteiger partial charge on any atom is 0.307 e. The van der Waals surface area contributed by atoms with Gasteiger partial charge in [0.25, 0.3) is 5.89 Å². The van der Waals surface area contributed by atoms with Crippen molar-refractivity contribution in [3.05, 3.63) is 65.5 Å². The van der Waals surface area contributed by atoms with Crippen molar-refractivity contribution < 1.29 is 23.5 Å². The van der Waals surface area contributed by atoms with Crippen LogP contribution < -0.4 is 4.74 Å². The minimum atomic E-state index is -0.704. The molecule has 7 nitrogen and oxygen atoms in total. The molecule has 0 saturated carbocycles. The lowest BCUT2D eigenvalue weighted by Crippen LogP contribution is -2.11. The summed E-state index contributed by atoms with van der Waals surface area (Å²) < 4.78 is 16.3. The van der Waals surface area contributed by atoms with Gasteiger partial charge in [0.05, 0.1) is 13.0 Å². The molecule has 1 aromatic heterocycles. The predicted octanol–water partition coefficient (Wildman–Crippen LogP) is 4.71. The molecule has 1 heterocycles. The van der Waals surface area contributed by atoms with Crippen molar-refractivity contribution in [2.45, 2.75) is 39.7 Å². The van der Waals surface area contributed by atoms with Gasteiger partial charge in [-0.3, -0.25) is 9.59 Å². The molecule has 0 N–H and O–H groups in total. The molecule has 7 heteroatoms. The molecule has 0 saturated heterocycles. The first-order valence-corrected chi connectivity index (χ1v) is 9.82. The number of Topliss-reactive ketones (excluding diaryl/α,β-unsaturated/α-hetero) is 1. The highest BCUT2D eigenvalue weighted by molar-refractivity contribution is 5.97. The van der Waals surface area contributed by atoms with Gasteiger partial charge < -0.3 is 13.9 Å². The van der Waals surface area contributed by atoms with Crippen LogP contribution in [-0.2, 0) is 9.53 Å². The second-order valence-electron chi connectivity index (χ2n) is 6.82. The fraction of sp³-hybridized carbons (Fsp3) is 0.304. The first-order chi connectivity index (χ1) is 14.5. The first kappa shape index (κ1) is 21.2. The fourth-order valence-corrected chi connectivity index (χ4v) is 2.78. The standard InChI is InChI=1S/C23H24N2O5/c1-4-28-19-11-9-17(10-12-19)20(26)13-14-21(27)29-16(3)22-24-25-23(30-22)18-7-5-15(2)6-8-18/h5-12,16H,4,13-14H2,1-3H3. The molecule has 0 spiro atoms. The Morgan fingerprint density at radius 2 is 1.70 bits per heavy atom. The Bertz CT molecular complexity index is 993. The van der Waals surface area contributed by atoms with Crippen LogP contribution in [0, 0.1) is 6.92 Å². The number of esters is 1. The lowest BCUT2D eigenvalue weighted by Gasteiger charge is -2.09. The molecular formula is C23H24N2O5.